The van der Waals surface area contributed by atoms with E-state index in [1.165, 1.54) is 55.5 Å². The minimum absolute atomic E-state index is 0.0279. The van der Waals surface area contributed by atoms with E-state index in [9.17, 15) is 22.4 Å². The highest BCUT2D eigenvalue weighted by Crippen LogP contribution is 2.26. The molecule has 0 unspecified atom stereocenters. The molecule has 0 spiro atoms. The van der Waals surface area contributed by atoms with Crippen LogP contribution in [0.2, 0.25) is 0 Å². The lowest BCUT2D eigenvalue weighted by Gasteiger charge is -2.33. The van der Waals surface area contributed by atoms with Gasteiger partial charge in [0, 0.05) is 13.1 Å². The van der Waals surface area contributed by atoms with Gasteiger partial charge in [0.15, 0.2) is 0 Å². The number of carbonyl (C=O) groups is 2. The van der Waals surface area contributed by atoms with Crippen LogP contribution in [0.15, 0.2) is 53.4 Å². The molecule has 0 atom stereocenters. The number of esters is 1. The van der Waals surface area contributed by atoms with E-state index in [1.54, 1.807) is 0 Å². The Morgan fingerprint density at radius 1 is 1.03 bits per heavy atom. The molecule has 0 bridgehead atoms. The first-order chi connectivity index (χ1) is 15.3. The van der Waals surface area contributed by atoms with Crippen LogP contribution < -0.4 is 9.04 Å². The second kappa shape index (κ2) is 9.99. The molecule has 0 saturated carbocycles. The Morgan fingerprint density at radius 2 is 1.62 bits per heavy atom. The monoisotopic (exact) mass is 464 g/mol. The quantitative estimate of drug-likeness (QED) is 0.585. The fourth-order valence-corrected chi connectivity index (χ4v) is 4.97. The van der Waals surface area contributed by atoms with Gasteiger partial charge in [0.25, 0.3) is 10.0 Å². The average Bonchev–Trinajstić information content (AvgIpc) is 2.82. The molecule has 0 N–H and O–H groups in total. The van der Waals surface area contributed by atoms with Crippen LogP contribution in [0.1, 0.15) is 12.8 Å². The summed E-state index contributed by atoms with van der Waals surface area (Å²) in [5.41, 5.74) is 0.167. The number of sulfonamides is 1. The molecule has 2 aromatic carbocycles. The van der Waals surface area contributed by atoms with Gasteiger partial charge in [-0.3, -0.25) is 13.9 Å². The third kappa shape index (κ3) is 5.18. The van der Waals surface area contributed by atoms with Crippen LogP contribution >= 0.6 is 0 Å². The zero-order valence-corrected chi connectivity index (χ0v) is 18.7. The molecule has 1 aliphatic heterocycles. The number of rotatable bonds is 7. The lowest BCUT2D eigenvalue weighted by Crippen LogP contribution is -2.46. The maximum absolute atomic E-state index is 13.4. The topological polar surface area (TPSA) is 93.2 Å². The lowest BCUT2D eigenvalue weighted by molar-refractivity contribution is -0.148. The number of nitrogens with zero attached hydrogens (tertiary/aromatic N) is 2. The van der Waals surface area contributed by atoms with Crippen LogP contribution in [0.3, 0.4) is 0 Å². The first-order valence-corrected chi connectivity index (χ1v) is 11.5. The first-order valence-electron chi connectivity index (χ1n) is 10.0. The van der Waals surface area contributed by atoms with Crippen LogP contribution in [0.4, 0.5) is 10.1 Å². The molecule has 0 aliphatic carbocycles. The van der Waals surface area contributed by atoms with Gasteiger partial charge in [-0.25, -0.2) is 12.8 Å². The SMILES string of the molecule is COC(=O)C1CCN(C(=O)CN(c2ccc(F)cc2)S(=O)(=O)c2ccc(OC)cc2)CC1. The summed E-state index contributed by atoms with van der Waals surface area (Å²) in [6.45, 7) is 0.180. The van der Waals surface area contributed by atoms with Crippen LogP contribution in [0, 0.1) is 11.7 Å². The molecule has 1 aliphatic rings. The van der Waals surface area contributed by atoms with Crippen molar-refractivity contribution in [2.45, 2.75) is 17.7 Å². The maximum atomic E-state index is 13.4. The molecule has 3 rings (SSSR count). The fraction of sp³-hybridized carbons (Fsp3) is 0.364. The number of hydrogen-bond acceptors (Lipinski definition) is 6. The highest BCUT2D eigenvalue weighted by Gasteiger charge is 2.32. The van der Waals surface area contributed by atoms with Crippen molar-refractivity contribution in [3.63, 3.8) is 0 Å². The maximum Gasteiger partial charge on any atom is 0.308 e. The molecule has 1 saturated heterocycles. The van der Waals surface area contributed by atoms with Crippen LogP contribution in [-0.4, -0.2) is 59.0 Å². The molecule has 0 aromatic heterocycles. The molecule has 1 fully saturated rings. The second-order valence-corrected chi connectivity index (χ2v) is 9.20. The van der Waals surface area contributed by atoms with Crippen molar-refractivity contribution in [3.8, 4) is 5.75 Å². The minimum atomic E-state index is -4.12. The van der Waals surface area contributed by atoms with Gasteiger partial charge in [-0.1, -0.05) is 0 Å². The van der Waals surface area contributed by atoms with Crippen molar-refractivity contribution >= 4 is 27.6 Å². The number of piperidine rings is 1. The van der Waals surface area contributed by atoms with E-state index in [-0.39, 0.29) is 22.5 Å². The Hall–Kier alpha value is -3.14. The van der Waals surface area contributed by atoms with E-state index in [2.05, 4.69) is 0 Å². The highest BCUT2D eigenvalue weighted by molar-refractivity contribution is 7.92. The standard InChI is InChI=1S/C22H25FN2O6S/c1-30-19-7-9-20(10-8-19)32(28,29)25(18-5-3-17(23)4-6-18)15-21(26)24-13-11-16(12-14-24)22(27)31-2/h3-10,16H,11-15H2,1-2H3. The van der Waals surface area contributed by atoms with E-state index < -0.39 is 28.3 Å². The third-order valence-corrected chi connectivity index (χ3v) is 7.21. The number of amides is 1. The van der Waals surface area contributed by atoms with Gasteiger partial charge in [-0.05, 0) is 61.4 Å². The van der Waals surface area contributed by atoms with Gasteiger partial charge in [-0.15, -0.1) is 0 Å². The largest absolute Gasteiger partial charge is 0.497 e. The molecule has 172 valence electrons. The summed E-state index contributed by atoms with van der Waals surface area (Å²) >= 11 is 0. The number of benzene rings is 2. The Kier molecular flexibility index (Phi) is 7.34. The zero-order valence-electron chi connectivity index (χ0n) is 17.9. The van der Waals surface area contributed by atoms with Gasteiger partial charge < -0.3 is 14.4 Å². The number of halogens is 1. The summed E-state index contributed by atoms with van der Waals surface area (Å²) in [5.74, 6) is -1.03. The third-order valence-electron chi connectivity index (χ3n) is 5.42. The zero-order chi connectivity index (χ0) is 23.3. The van der Waals surface area contributed by atoms with Crippen molar-refractivity contribution in [2.75, 3.05) is 38.2 Å². The average molecular weight is 465 g/mol. The van der Waals surface area contributed by atoms with E-state index in [0.717, 1.165) is 16.4 Å². The molecule has 1 heterocycles. The normalized spacial score (nSPS) is 14.7. The number of carbonyl (C=O) groups excluding carboxylic acids is 2. The van der Waals surface area contributed by atoms with E-state index in [1.807, 2.05) is 0 Å². The van der Waals surface area contributed by atoms with Crippen LogP contribution in [-0.2, 0) is 24.3 Å². The summed E-state index contributed by atoms with van der Waals surface area (Å²) in [7, 11) is -1.33. The number of hydrogen-bond donors (Lipinski definition) is 0. The van der Waals surface area contributed by atoms with Crippen molar-refractivity contribution in [3.05, 3.63) is 54.3 Å². The molecule has 2 aromatic rings. The van der Waals surface area contributed by atoms with Crippen molar-refractivity contribution in [1.29, 1.82) is 0 Å². The first kappa shape index (κ1) is 23.5. The summed E-state index contributed by atoms with van der Waals surface area (Å²) in [5, 5.41) is 0. The molecular weight excluding hydrogens is 439 g/mol. The van der Waals surface area contributed by atoms with Crippen molar-refractivity contribution in [2.24, 2.45) is 5.92 Å². The molecular formula is C22H25FN2O6S. The van der Waals surface area contributed by atoms with Gasteiger partial charge in [0.2, 0.25) is 5.91 Å². The Bertz CT molecular complexity index is 1050. The van der Waals surface area contributed by atoms with Crippen LogP contribution in [0.5, 0.6) is 5.75 Å². The van der Waals surface area contributed by atoms with Gasteiger partial charge in [0.05, 0.1) is 30.7 Å². The number of ether oxygens (including phenoxy) is 2. The van der Waals surface area contributed by atoms with Gasteiger partial charge >= 0.3 is 5.97 Å². The Morgan fingerprint density at radius 3 is 2.16 bits per heavy atom. The fourth-order valence-electron chi connectivity index (χ4n) is 3.55. The van der Waals surface area contributed by atoms with Crippen molar-refractivity contribution < 1.29 is 31.9 Å². The molecule has 1 amide bonds. The Labute approximate surface area is 186 Å². The number of likely N-dealkylation sites (tertiary alicyclic amines) is 1. The molecule has 0 radical (unpaired) electrons. The highest BCUT2D eigenvalue weighted by atomic mass is 32.2. The van der Waals surface area contributed by atoms with E-state index in [0.29, 0.717) is 31.7 Å². The Balaban J connectivity index is 1.84. The van der Waals surface area contributed by atoms with Crippen LogP contribution in [0.25, 0.3) is 0 Å². The predicted octanol–water partition coefficient (Wildman–Crippen LogP) is 2.44. The van der Waals surface area contributed by atoms with E-state index >= 15 is 0 Å². The number of methoxy groups -OCH3 is 2. The number of anilines is 1. The molecule has 32 heavy (non-hydrogen) atoms. The van der Waals surface area contributed by atoms with Gasteiger partial charge in [0.1, 0.15) is 18.1 Å². The summed E-state index contributed by atoms with van der Waals surface area (Å²) in [4.78, 5) is 26.2. The second-order valence-electron chi connectivity index (χ2n) is 7.34. The van der Waals surface area contributed by atoms with Crippen molar-refractivity contribution in [1.82, 2.24) is 4.90 Å². The summed E-state index contributed by atoms with van der Waals surface area (Å²) < 4.78 is 51.0. The molecule has 8 nitrogen and oxygen atoms in total. The predicted molar refractivity (Wildman–Crippen MR) is 115 cm³/mol. The smallest absolute Gasteiger partial charge is 0.308 e. The molecule has 10 heteroatoms. The minimum Gasteiger partial charge on any atom is -0.497 e. The summed E-state index contributed by atoms with van der Waals surface area (Å²) in [6, 6.07) is 10.7. The van der Waals surface area contributed by atoms with E-state index in [4.69, 9.17) is 9.47 Å². The van der Waals surface area contributed by atoms with Gasteiger partial charge in [-0.2, -0.15) is 0 Å². The summed E-state index contributed by atoms with van der Waals surface area (Å²) in [6.07, 6.45) is 0.889. The lowest BCUT2D eigenvalue weighted by atomic mass is 9.97.